The van der Waals surface area contributed by atoms with Crippen molar-refractivity contribution in [1.29, 1.82) is 5.26 Å². The summed E-state index contributed by atoms with van der Waals surface area (Å²) in [5, 5.41) is 18.3. The van der Waals surface area contributed by atoms with Crippen molar-refractivity contribution in [3.63, 3.8) is 0 Å². The van der Waals surface area contributed by atoms with Gasteiger partial charge in [0, 0.05) is 20.2 Å². The number of anilines is 1. The molecule has 0 aromatic carbocycles. The standard InChI is InChI=1S/C16H24N4O2/c1-5-13-14(7-17)16(19-18-15(13)6-2)20-8-11(3)22-12(9-20)10-21-4/h11-12H,5-6,8-10H2,1-4H3. The lowest BCUT2D eigenvalue weighted by Crippen LogP contribution is -2.49. The first-order valence-electron chi connectivity index (χ1n) is 7.82. The molecule has 2 heterocycles. The van der Waals surface area contributed by atoms with Crippen LogP contribution in [0.25, 0.3) is 0 Å². The number of morpholine rings is 1. The predicted molar refractivity (Wildman–Crippen MR) is 83.9 cm³/mol. The average Bonchev–Trinajstić information content (AvgIpc) is 2.52. The van der Waals surface area contributed by atoms with Gasteiger partial charge < -0.3 is 14.4 Å². The smallest absolute Gasteiger partial charge is 0.169 e. The first-order valence-corrected chi connectivity index (χ1v) is 7.82. The van der Waals surface area contributed by atoms with Crippen molar-refractivity contribution in [1.82, 2.24) is 10.2 Å². The van der Waals surface area contributed by atoms with Crippen LogP contribution in [-0.2, 0) is 22.3 Å². The molecule has 1 aliphatic heterocycles. The van der Waals surface area contributed by atoms with Gasteiger partial charge in [-0.1, -0.05) is 13.8 Å². The molecule has 2 rings (SSSR count). The van der Waals surface area contributed by atoms with Crippen LogP contribution in [0.15, 0.2) is 0 Å². The lowest BCUT2D eigenvalue weighted by Gasteiger charge is -2.37. The van der Waals surface area contributed by atoms with Crippen LogP contribution < -0.4 is 4.90 Å². The van der Waals surface area contributed by atoms with Gasteiger partial charge in [0.15, 0.2) is 5.82 Å². The first kappa shape index (κ1) is 16.7. The van der Waals surface area contributed by atoms with E-state index in [4.69, 9.17) is 9.47 Å². The Balaban J connectivity index is 2.37. The Kier molecular flexibility index (Phi) is 5.69. The van der Waals surface area contributed by atoms with Crippen LogP contribution in [0.5, 0.6) is 0 Å². The number of aryl methyl sites for hydroxylation is 1. The number of rotatable bonds is 5. The minimum atomic E-state index is -0.0157. The summed E-state index contributed by atoms with van der Waals surface area (Å²) in [5.74, 6) is 0.674. The Morgan fingerprint density at radius 3 is 2.68 bits per heavy atom. The number of ether oxygens (including phenoxy) is 2. The van der Waals surface area contributed by atoms with Gasteiger partial charge >= 0.3 is 0 Å². The zero-order valence-electron chi connectivity index (χ0n) is 13.8. The van der Waals surface area contributed by atoms with E-state index in [1.807, 2.05) is 13.8 Å². The van der Waals surface area contributed by atoms with Crippen LogP contribution in [0.2, 0.25) is 0 Å². The highest BCUT2D eigenvalue weighted by atomic mass is 16.5. The second-order valence-corrected chi connectivity index (χ2v) is 5.57. The maximum absolute atomic E-state index is 9.62. The quantitative estimate of drug-likeness (QED) is 0.825. The topological polar surface area (TPSA) is 71.3 Å². The summed E-state index contributed by atoms with van der Waals surface area (Å²) < 4.78 is 11.1. The van der Waals surface area contributed by atoms with Gasteiger partial charge in [0.1, 0.15) is 11.6 Å². The summed E-state index contributed by atoms with van der Waals surface area (Å²) >= 11 is 0. The Morgan fingerprint density at radius 2 is 2.09 bits per heavy atom. The van der Waals surface area contributed by atoms with E-state index in [1.54, 1.807) is 7.11 Å². The zero-order valence-corrected chi connectivity index (χ0v) is 13.8. The fraction of sp³-hybridized carbons (Fsp3) is 0.688. The molecule has 1 aliphatic rings. The SMILES string of the molecule is CCc1nnc(N2CC(C)OC(COC)C2)c(C#N)c1CC. The Hall–Kier alpha value is -1.71. The third-order valence-corrected chi connectivity index (χ3v) is 3.92. The molecule has 6 heteroatoms. The summed E-state index contributed by atoms with van der Waals surface area (Å²) in [7, 11) is 1.67. The van der Waals surface area contributed by atoms with E-state index in [1.165, 1.54) is 0 Å². The van der Waals surface area contributed by atoms with Gasteiger partial charge in [-0.2, -0.15) is 10.4 Å². The van der Waals surface area contributed by atoms with Crippen molar-refractivity contribution in [2.75, 3.05) is 31.7 Å². The minimum absolute atomic E-state index is 0.0157. The van der Waals surface area contributed by atoms with Gasteiger partial charge in [-0.3, -0.25) is 0 Å². The van der Waals surface area contributed by atoms with E-state index < -0.39 is 0 Å². The molecular weight excluding hydrogens is 280 g/mol. The van der Waals surface area contributed by atoms with Gasteiger partial charge in [0.25, 0.3) is 0 Å². The van der Waals surface area contributed by atoms with E-state index >= 15 is 0 Å². The Morgan fingerprint density at radius 1 is 1.32 bits per heavy atom. The van der Waals surface area contributed by atoms with E-state index in [-0.39, 0.29) is 12.2 Å². The van der Waals surface area contributed by atoms with Crippen LogP contribution in [0.3, 0.4) is 0 Å². The van der Waals surface area contributed by atoms with Crippen molar-refractivity contribution in [2.45, 2.75) is 45.8 Å². The molecule has 0 amide bonds. The predicted octanol–water partition coefficient (Wildman–Crippen LogP) is 1.71. The monoisotopic (exact) mass is 304 g/mol. The van der Waals surface area contributed by atoms with Crippen molar-refractivity contribution in [2.24, 2.45) is 0 Å². The van der Waals surface area contributed by atoms with E-state index in [0.29, 0.717) is 31.1 Å². The third-order valence-electron chi connectivity index (χ3n) is 3.92. The lowest BCUT2D eigenvalue weighted by molar-refractivity contribution is -0.0513. The number of aromatic nitrogens is 2. The number of methoxy groups -OCH3 is 1. The van der Waals surface area contributed by atoms with E-state index in [0.717, 1.165) is 24.1 Å². The first-order chi connectivity index (χ1) is 10.6. The van der Waals surface area contributed by atoms with E-state index in [9.17, 15) is 5.26 Å². The van der Waals surface area contributed by atoms with Gasteiger partial charge in [0.05, 0.1) is 24.5 Å². The molecule has 1 aromatic heterocycles. The zero-order chi connectivity index (χ0) is 16.1. The summed E-state index contributed by atoms with van der Waals surface area (Å²) in [6, 6.07) is 2.33. The average molecular weight is 304 g/mol. The maximum Gasteiger partial charge on any atom is 0.169 e. The molecule has 22 heavy (non-hydrogen) atoms. The summed E-state index contributed by atoms with van der Waals surface area (Å²) in [5.41, 5.74) is 2.58. The van der Waals surface area contributed by atoms with Gasteiger partial charge in [0.2, 0.25) is 0 Å². The number of nitrogens with zero attached hydrogens (tertiary/aromatic N) is 4. The van der Waals surface area contributed by atoms with Crippen molar-refractivity contribution in [3.05, 3.63) is 16.8 Å². The molecule has 0 N–H and O–H groups in total. The fourth-order valence-electron chi connectivity index (χ4n) is 3.00. The second-order valence-electron chi connectivity index (χ2n) is 5.57. The molecule has 0 spiro atoms. The van der Waals surface area contributed by atoms with Crippen LogP contribution in [0.1, 0.15) is 37.6 Å². The molecule has 1 saturated heterocycles. The molecule has 0 radical (unpaired) electrons. The molecule has 120 valence electrons. The summed E-state index contributed by atoms with van der Waals surface area (Å²) in [6.07, 6.45) is 1.63. The van der Waals surface area contributed by atoms with Crippen molar-refractivity contribution < 1.29 is 9.47 Å². The Bertz CT molecular complexity index is 556. The molecule has 1 fully saturated rings. The van der Waals surface area contributed by atoms with Crippen LogP contribution >= 0.6 is 0 Å². The summed E-state index contributed by atoms with van der Waals surface area (Å²) in [6.45, 7) is 8.01. The number of nitriles is 1. The molecule has 0 bridgehead atoms. The summed E-state index contributed by atoms with van der Waals surface area (Å²) in [4.78, 5) is 2.10. The molecule has 2 atom stereocenters. The highest BCUT2D eigenvalue weighted by Crippen LogP contribution is 2.26. The maximum atomic E-state index is 9.62. The molecule has 2 unspecified atom stereocenters. The third kappa shape index (κ3) is 3.37. The lowest BCUT2D eigenvalue weighted by atomic mass is 10.0. The van der Waals surface area contributed by atoms with Gasteiger partial charge in [-0.05, 0) is 25.3 Å². The molecule has 0 saturated carbocycles. The van der Waals surface area contributed by atoms with Gasteiger partial charge in [-0.25, -0.2) is 0 Å². The minimum Gasteiger partial charge on any atom is -0.382 e. The van der Waals surface area contributed by atoms with Crippen molar-refractivity contribution in [3.8, 4) is 6.07 Å². The number of hydrogen-bond donors (Lipinski definition) is 0. The molecule has 6 nitrogen and oxygen atoms in total. The molecular formula is C16H24N4O2. The van der Waals surface area contributed by atoms with Crippen LogP contribution in [0, 0.1) is 11.3 Å². The van der Waals surface area contributed by atoms with Crippen LogP contribution in [0.4, 0.5) is 5.82 Å². The fourth-order valence-corrected chi connectivity index (χ4v) is 3.00. The molecule has 1 aromatic rings. The van der Waals surface area contributed by atoms with Crippen molar-refractivity contribution >= 4 is 5.82 Å². The van der Waals surface area contributed by atoms with E-state index in [2.05, 4.69) is 28.1 Å². The normalized spacial score (nSPS) is 21.7. The number of hydrogen-bond acceptors (Lipinski definition) is 6. The van der Waals surface area contributed by atoms with Crippen LogP contribution in [-0.4, -0.2) is 49.2 Å². The largest absolute Gasteiger partial charge is 0.382 e. The highest BCUT2D eigenvalue weighted by Gasteiger charge is 2.29. The second kappa shape index (κ2) is 7.52. The van der Waals surface area contributed by atoms with Gasteiger partial charge in [-0.15, -0.1) is 5.10 Å². The molecule has 0 aliphatic carbocycles. The Labute approximate surface area is 132 Å². The highest BCUT2D eigenvalue weighted by molar-refractivity contribution is 5.58.